The zero-order valence-electron chi connectivity index (χ0n) is 10.3. The number of carbonyl (C=O) groups excluding carboxylic acids is 1. The highest BCUT2D eigenvalue weighted by Gasteiger charge is 2.15. The minimum atomic E-state index is -0.233. The van der Waals surface area contributed by atoms with Crippen LogP contribution in [0.2, 0.25) is 0 Å². The average molecular weight is 276 g/mol. The molecule has 19 heavy (non-hydrogen) atoms. The number of anilines is 1. The molecule has 0 aliphatic heterocycles. The number of ketones is 1. The first-order chi connectivity index (χ1) is 9.22. The van der Waals surface area contributed by atoms with Gasteiger partial charge in [0.1, 0.15) is 12.4 Å². The van der Waals surface area contributed by atoms with E-state index in [9.17, 15) is 4.79 Å². The molecule has 0 fully saturated rings. The molecular formula is C15H14ClNO2. The van der Waals surface area contributed by atoms with Gasteiger partial charge in [0.2, 0.25) is 0 Å². The molecule has 0 spiro atoms. The van der Waals surface area contributed by atoms with E-state index in [0.29, 0.717) is 23.6 Å². The summed E-state index contributed by atoms with van der Waals surface area (Å²) in [7, 11) is 0. The van der Waals surface area contributed by atoms with Crippen molar-refractivity contribution in [3.05, 3.63) is 59.7 Å². The Balaban J connectivity index is 2.21. The number of Topliss-reactive ketones (excluding diaryl/α,β-unsaturated/α-hetero) is 1. The molecule has 0 aliphatic carbocycles. The van der Waals surface area contributed by atoms with Crippen LogP contribution in [0.5, 0.6) is 5.75 Å². The molecule has 0 amide bonds. The van der Waals surface area contributed by atoms with E-state index in [0.717, 1.165) is 5.56 Å². The number of nitrogens with two attached hydrogens (primary N) is 1. The summed E-state index contributed by atoms with van der Waals surface area (Å²) >= 11 is 5.59. The van der Waals surface area contributed by atoms with Gasteiger partial charge in [0.25, 0.3) is 0 Å². The largest absolute Gasteiger partial charge is 0.488 e. The zero-order valence-corrected chi connectivity index (χ0v) is 11.1. The Kier molecular flexibility index (Phi) is 4.42. The third-order valence-corrected chi connectivity index (χ3v) is 2.94. The molecule has 2 N–H and O–H groups in total. The predicted octanol–water partition coefficient (Wildman–Crippen LogP) is 3.27. The molecule has 0 radical (unpaired) electrons. The van der Waals surface area contributed by atoms with Crippen molar-refractivity contribution >= 4 is 23.1 Å². The first-order valence-electron chi connectivity index (χ1n) is 5.86. The van der Waals surface area contributed by atoms with Crippen molar-refractivity contribution in [2.45, 2.75) is 6.61 Å². The Hall–Kier alpha value is -2.00. The molecule has 0 saturated carbocycles. The highest BCUT2D eigenvalue weighted by atomic mass is 35.5. The van der Waals surface area contributed by atoms with Crippen LogP contribution < -0.4 is 10.5 Å². The van der Waals surface area contributed by atoms with Crippen molar-refractivity contribution in [1.82, 2.24) is 0 Å². The number of alkyl halides is 1. The molecule has 2 aromatic carbocycles. The fourth-order valence-electron chi connectivity index (χ4n) is 1.77. The van der Waals surface area contributed by atoms with Crippen molar-refractivity contribution in [2.24, 2.45) is 0 Å². The first-order valence-corrected chi connectivity index (χ1v) is 6.40. The molecule has 0 unspecified atom stereocenters. The minimum absolute atomic E-state index is 0.115. The van der Waals surface area contributed by atoms with Crippen LogP contribution in [-0.2, 0) is 6.61 Å². The lowest BCUT2D eigenvalue weighted by atomic mass is 10.1. The zero-order chi connectivity index (χ0) is 13.7. The highest BCUT2D eigenvalue weighted by Crippen LogP contribution is 2.26. The van der Waals surface area contributed by atoms with E-state index in [1.807, 2.05) is 30.3 Å². The highest BCUT2D eigenvalue weighted by molar-refractivity contribution is 6.31. The van der Waals surface area contributed by atoms with Crippen LogP contribution in [0.25, 0.3) is 0 Å². The van der Waals surface area contributed by atoms with Gasteiger partial charge in [-0.1, -0.05) is 36.4 Å². The number of nitrogen functional groups attached to an aromatic ring is 1. The van der Waals surface area contributed by atoms with Crippen LogP contribution in [0, 0.1) is 0 Å². The number of hydrogen-bond donors (Lipinski definition) is 1. The number of hydrogen-bond acceptors (Lipinski definition) is 3. The second kappa shape index (κ2) is 6.25. The van der Waals surface area contributed by atoms with Gasteiger partial charge in [-0.3, -0.25) is 4.79 Å². The van der Waals surface area contributed by atoms with Crippen LogP contribution in [-0.4, -0.2) is 11.7 Å². The number of carbonyl (C=O) groups is 1. The van der Waals surface area contributed by atoms with Gasteiger partial charge in [0, 0.05) is 5.69 Å². The van der Waals surface area contributed by atoms with Crippen LogP contribution in [0.3, 0.4) is 0 Å². The van der Waals surface area contributed by atoms with E-state index in [2.05, 4.69) is 0 Å². The standard InChI is InChI=1S/C15H14ClNO2/c16-9-13(18)15-12(17)7-4-8-14(15)19-10-11-5-2-1-3-6-11/h1-8H,9-10,17H2. The summed E-state index contributed by atoms with van der Waals surface area (Å²) < 4.78 is 5.67. The number of halogens is 1. The van der Waals surface area contributed by atoms with Gasteiger partial charge >= 0.3 is 0 Å². The molecule has 98 valence electrons. The van der Waals surface area contributed by atoms with Crippen molar-refractivity contribution < 1.29 is 9.53 Å². The number of rotatable bonds is 5. The average Bonchev–Trinajstić information content (AvgIpc) is 2.45. The fourth-order valence-corrected chi connectivity index (χ4v) is 1.90. The summed E-state index contributed by atoms with van der Waals surface area (Å²) in [6, 6.07) is 14.8. The normalized spacial score (nSPS) is 10.2. The van der Waals surface area contributed by atoms with Crippen molar-refractivity contribution in [2.75, 3.05) is 11.6 Å². The lowest BCUT2D eigenvalue weighted by molar-refractivity contribution is 0.101. The molecule has 4 heteroatoms. The molecule has 2 aromatic rings. The van der Waals surface area contributed by atoms with E-state index in [-0.39, 0.29) is 11.7 Å². The van der Waals surface area contributed by atoms with Gasteiger partial charge in [0.15, 0.2) is 5.78 Å². The van der Waals surface area contributed by atoms with Crippen molar-refractivity contribution in [1.29, 1.82) is 0 Å². The van der Waals surface area contributed by atoms with Crippen LogP contribution in [0.15, 0.2) is 48.5 Å². The molecular weight excluding hydrogens is 262 g/mol. The Morgan fingerprint density at radius 2 is 1.84 bits per heavy atom. The van der Waals surface area contributed by atoms with Crippen LogP contribution >= 0.6 is 11.6 Å². The second-order valence-corrected chi connectivity index (χ2v) is 4.32. The Morgan fingerprint density at radius 1 is 1.11 bits per heavy atom. The molecule has 0 saturated heterocycles. The van der Waals surface area contributed by atoms with Gasteiger partial charge in [-0.25, -0.2) is 0 Å². The maximum absolute atomic E-state index is 11.8. The molecule has 0 bridgehead atoms. The number of ether oxygens (including phenoxy) is 1. The maximum atomic E-state index is 11.8. The molecule has 3 nitrogen and oxygen atoms in total. The fraction of sp³-hybridized carbons (Fsp3) is 0.133. The Morgan fingerprint density at radius 3 is 2.53 bits per heavy atom. The molecule has 0 heterocycles. The molecule has 0 aromatic heterocycles. The van der Waals surface area contributed by atoms with Gasteiger partial charge in [0.05, 0.1) is 11.4 Å². The Bertz CT molecular complexity index is 570. The van der Waals surface area contributed by atoms with Crippen LogP contribution in [0.1, 0.15) is 15.9 Å². The first kappa shape index (κ1) is 13.4. The smallest absolute Gasteiger partial charge is 0.183 e. The van der Waals surface area contributed by atoms with Crippen molar-refractivity contribution in [3.8, 4) is 5.75 Å². The van der Waals surface area contributed by atoms with Crippen molar-refractivity contribution in [3.63, 3.8) is 0 Å². The monoisotopic (exact) mass is 275 g/mol. The summed E-state index contributed by atoms with van der Waals surface area (Å²) in [6.07, 6.45) is 0. The molecule has 2 rings (SSSR count). The van der Waals surface area contributed by atoms with Gasteiger partial charge in [-0.15, -0.1) is 11.6 Å². The summed E-state index contributed by atoms with van der Waals surface area (Å²) in [5.74, 6) is 0.118. The second-order valence-electron chi connectivity index (χ2n) is 4.05. The topological polar surface area (TPSA) is 52.3 Å². The van der Waals surface area contributed by atoms with E-state index in [1.54, 1.807) is 18.2 Å². The quantitative estimate of drug-likeness (QED) is 0.518. The third-order valence-electron chi connectivity index (χ3n) is 2.70. The summed E-state index contributed by atoms with van der Waals surface area (Å²) in [6.45, 7) is 0.382. The van der Waals surface area contributed by atoms with E-state index in [1.165, 1.54) is 0 Å². The van der Waals surface area contributed by atoms with E-state index < -0.39 is 0 Å². The van der Waals surface area contributed by atoms with Gasteiger partial charge in [-0.2, -0.15) is 0 Å². The predicted molar refractivity (Wildman–Crippen MR) is 76.7 cm³/mol. The summed E-state index contributed by atoms with van der Waals surface area (Å²) in [5.41, 5.74) is 7.57. The lowest BCUT2D eigenvalue weighted by Crippen LogP contribution is -2.08. The summed E-state index contributed by atoms with van der Waals surface area (Å²) in [4.78, 5) is 11.8. The molecule has 0 aliphatic rings. The summed E-state index contributed by atoms with van der Waals surface area (Å²) in [5, 5.41) is 0. The van der Waals surface area contributed by atoms with Gasteiger partial charge in [-0.05, 0) is 17.7 Å². The SMILES string of the molecule is Nc1cccc(OCc2ccccc2)c1C(=O)CCl. The van der Waals surface area contributed by atoms with Crippen LogP contribution in [0.4, 0.5) is 5.69 Å². The number of benzene rings is 2. The molecule has 0 atom stereocenters. The maximum Gasteiger partial charge on any atom is 0.183 e. The third kappa shape index (κ3) is 3.26. The Labute approximate surface area is 117 Å². The van der Waals surface area contributed by atoms with E-state index >= 15 is 0 Å². The van der Waals surface area contributed by atoms with E-state index in [4.69, 9.17) is 22.1 Å². The minimum Gasteiger partial charge on any atom is -0.488 e. The lowest BCUT2D eigenvalue weighted by Gasteiger charge is -2.12. The van der Waals surface area contributed by atoms with Gasteiger partial charge < -0.3 is 10.5 Å².